The number of phenolic OH excluding ortho intramolecular Hbond substituents is 1. The first kappa shape index (κ1) is 15.1. The van der Waals surface area contributed by atoms with Crippen molar-refractivity contribution in [3.63, 3.8) is 0 Å². The summed E-state index contributed by atoms with van der Waals surface area (Å²) < 4.78 is 0. The Hall–Kier alpha value is -1.76. The SMILES string of the molecule is CCC[C@@H]1c2ccc(O)cc2CCC[C@@H]1c1ccc(C)cc1. The fourth-order valence-corrected chi connectivity index (χ4v) is 3.98. The first-order valence-corrected chi connectivity index (χ1v) is 8.57. The van der Waals surface area contributed by atoms with Crippen LogP contribution >= 0.6 is 0 Å². The highest BCUT2D eigenvalue weighted by Crippen LogP contribution is 2.44. The summed E-state index contributed by atoms with van der Waals surface area (Å²) in [6.45, 7) is 4.43. The third-order valence-electron chi connectivity index (χ3n) is 5.08. The maximum Gasteiger partial charge on any atom is 0.115 e. The van der Waals surface area contributed by atoms with E-state index in [1.807, 2.05) is 12.1 Å². The summed E-state index contributed by atoms with van der Waals surface area (Å²) in [5.74, 6) is 1.58. The van der Waals surface area contributed by atoms with Crippen LogP contribution in [0, 0.1) is 6.92 Å². The van der Waals surface area contributed by atoms with E-state index in [2.05, 4.69) is 44.2 Å². The zero-order chi connectivity index (χ0) is 15.5. The lowest BCUT2D eigenvalue weighted by Gasteiger charge is -2.27. The summed E-state index contributed by atoms with van der Waals surface area (Å²) in [6, 6.07) is 15.1. The molecule has 0 spiro atoms. The number of aryl methyl sites for hydroxylation is 2. The number of hydrogen-bond acceptors (Lipinski definition) is 1. The largest absolute Gasteiger partial charge is 0.508 e. The normalized spacial score (nSPS) is 21.2. The van der Waals surface area contributed by atoms with Crippen molar-refractivity contribution in [3.8, 4) is 5.75 Å². The Morgan fingerprint density at radius 1 is 1.09 bits per heavy atom. The molecule has 0 saturated carbocycles. The van der Waals surface area contributed by atoms with Crippen molar-refractivity contribution in [2.24, 2.45) is 0 Å². The van der Waals surface area contributed by atoms with Gasteiger partial charge in [-0.15, -0.1) is 0 Å². The predicted molar refractivity (Wildman–Crippen MR) is 92.6 cm³/mol. The quantitative estimate of drug-likeness (QED) is 0.719. The van der Waals surface area contributed by atoms with E-state index in [-0.39, 0.29) is 0 Å². The molecular weight excluding hydrogens is 268 g/mol. The number of hydrogen-bond donors (Lipinski definition) is 1. The molecular formula is C21H26O. The van der Waals surface area contributed by atoms with E-state index in [1.54, 1.807) is 0 Å². The minimum Gasteiger partial charge on any atom is -0.508 e. The van der Waals surface area contributed by atoms with Crippen molar-refractivity contribution in [3.05, 3.63) is 64.7 Å². The van der Waals surface area contributed by atoms with E-state index in [0.717, 1.165) is 6.42 Å². The predicted octanol–water partition coefficient (Wildman–Crippen LogP) is 5.70. The average Bonchev–Trinajstić information content (AvgIpc) is 2.68. The Morgan fingerprint density at radius 2 is 1.86 bits per heavy atom. The molecule has 22 heavy (non-hydrogen) atoms. The zero-order valence-electron chi connectivity index (χ0n) is 13.7. The first-order chi connectivity index (χ1) is 10.7. The van der Waals surface area contributed by atoms with Gasteiger partial charge in [0.25, 0.3) is 0 Å². The summed E-state index contributed by atoms with van der Waals surface area (Å²) in [5.41, 5.74) is 5.62. The molecule has 1 nitrogen and oxygen atoms in total. The van der Waals surface area contributed by atoms with E-state index in [9.17, 15) is 5.11 Å². The van der Waals surface area contributed by atoms with Gasteiger partial charge in [-0.3, -0.25) is 0 Å². The summed E-state index contributed by atoms with van der Waals surface area (Å²) in [7, 11) is 0. The van der Waals surface area contributed by atoms with Crippen molar-refractivity contribution in [2.75, 3.05) is 0 Å². The van der Waals surface area contributed by atoms with Crippen LogP contribution in [0.3, 0.4) is 0 Å². The molecule has 1 heteroatoms. The molecule has 3 rings (SSSR count). The van der Waals surface area contributed by atoms with Crippen LogP contribution in [0.5, 0.6) is 5.75 Å². The molecule has 0 heterocycles. The van der Waals surface area contributed by atoms with Crippen LogP contribution in [0.4, 0.5) is 0 Å². The Bertz CT molecular complexity index is 627. The molecule has 0 radical (unpaired) electrons. The van der Waals surface area contributed by atoms with E-state index in [1.165, 1.54) is 47.9 Å². The van der Waals surface area contributed by atoms with Crippen LogP contribution in [0.15, 0.2) is 42.5 Å². The van der Waals surface area contributed by atoms with Gasteiger partial charge >= 0.3 is 0 Å². The highest BCUT2D eigenvalue weighted by atomic mass is 16.3. The summed E-state index contributed by atoms with van der Waals surface area (Å²) in [6.07, 6.45) is 5.95. The molecule has 0 unspecified atom stereocenters. The Labute approximate surface area is 134 Å². The molecule has 2 aromatic rings. The number of benzene rings is 2. The topological polar surface area (TPSA) is 20.2 Å². The standard InChI is InChI=1S/C21H26O/c1-3-5-21-19(16-10-8-15(2)9-11-16)7-4-6-17-14-18(22)12-13-20(17)21/h8-14,19,21-22H,3-7H2,1-2H3/t19-,21+/m1/s1. The lowest BCUT2D eigenvalue weighted by atomic mass is 9.77. The molecule has 2 atom stereocenters. The molecule has 0 saturated heterocycles. The zero-order valence-corrected chi connectivity index (χ0v) is 13.7. The number of aromatic hydroxyl groups is 1. The van der Waals surface area contributed by atoms with E-state index in [4.69, 9.17) is 0 Å². The van der Waals surface area contributed by atoms with Crippen molar-refractivity contribution in [1.82, 2.24) is 0 Å². The molecule has 0 aromatic heterocycles. The molecule has 1 N–H and O–H groups in total. The maximum atomic E-state index is 9.81. The van der Waals surface area contributed by atoms with Crippen molar-refractivity contribution in [2.45, 2.75) is 57.8 Å². The molecule has 0 amide bonds. The number of phenols is 1. The monoisotopic (exact) mass is 294 g/mol. The molecule has 1 aliphatic carbocycles. The van der Waals surface area contributed by atoms with Gasteiger partial charge < -0.3 is 5.11 Å². The Balaban J connectivity index is 2.02. The summed E-state index contributed by atoms with van der Waals surface area (Å²) in [5, 5.41) is 9.81. The average molecular weight is 294 g/mol. The second kappa shape index (κ2) is 6.56. The van der Waals surface area contributed by atoms with Gasteiger partial charge in [0.1, 0.15) is 5.75 Å². The van der Waals surface area contributed by atoms with Gasteiger partial charge in [0.15, 0.2) is 0 Å². The van der Waals surface area contributed by atoms with Crippen LogP contribution in [0.2, 0.25) is 0 Å². The minimum absolute atomic E-state index is 0.405. The third-order valence-corrected chi connectivity index (χ3v) is 5.08. The molecule has 0 aliphatic heterocycles. The Kier molecular flexibility index (Phi) is 4.52. The van der Waals surface area contributed by atoms with E-state index >= 15 is 0 Å². The van der Waals surface area contributed by atoms with Crippen LogP contribution in [-0.2, 0) is 6.42 Å². The second-order valence-corrected chi connectivity index (χ2v) is 6.69. The van der Waals surface area contributed by atoms with Gasteiger partial charge in [0, 0.05) is 0 Å². The van der Waals surface area contributed by atoms with Crippen LogP contribution < -0.4 is 0 Å². The van der Waals surface area contributed by atoms with Gasteiger partial charge in [-0.2, -0.15) is 0 Å². The Morgan fingerprint density at radius 3 is 2.59 bits per heavy atom. The van der Waals surface area contributed by atoms with Gasteiger partial charge in [-0.25, -0.2) is 0 Å². The highest BCUT2D eigenvalue weighted by Gasteiger charge is 2.28. The highest BCUT2D eigenvalue weighted by molar-refractivity contribution is 5.41. The van der Waals surface area contributed by atoms with Gasteiger partial charge in [0.2, 0.25) is 0 Å². The van der Waals surface area contributed by atoms with Crippen molar-refractivity contribution >= 4 is 0 Å². The van der Waals surface area contributed by atoms with Crippen molar-refractivity contribution < 1.29 is 5.11 Å². The minimum atomic E-state index is 0.405. The molecule has 0 fully saturated rings. The molecule has 2 aromatic carbocycles. The summed E-state index contributed by atoms with van der Waals surface area (Å²) >= 11 is 0. The third kappa shape index (κ3) is 3.04. The lowest BCUT2D eigenvalue weighted by molar-refractivity contribution is 0.470. The summed E-state index contributed by atoms with van der Waals surface area (Å²) in [4.78, 5) is 0. The fourth-order valence-electron chi connectivity index (χ4n) is 3.98. The van der Waals surface area contributed by atoms with Crippen LogP contribution in [0.1, 0.15) is 66.7 Å². The van der Waals surface area contributed by atoms with Gasteiger partial charge in [-0.05, 0) is 73.3 Å². The smallest absolute Gasteiger partial charge is 0.115 e. The molecule has 1 aliphatic rings. The van der Waals surface area contributed by atoms with Gasteiger partial charge in [0.05, 0.1) is 0 Å². The molecule has 116 valence electrons. The molecule has 0 bridgehead atoms. The second-order valence-electron chi connectivity index (χ2n) is 6.69. The van der Waals surface area contributed by atoms with E-state index in [0.29, 0.717) is 17.6 Å². The van der Waals surface area contributed by atoms with Crippen LogP contribution in [0.25, 0.3) is 0 Å². The van der Waals surface area contributed by atoms with E-state index < -0.39 is 0 Å². The first-order valence-electron chi connectivity index (χ1n) is 8.57. The number of fused-ring (bicyclic) bond motifs is 1. The number of rotatable bonds is 3. The van der Waals surface area contributed by atoms with Crippen LogP contribution in [-0.4, -0.2) is 5.11 Å². The fraction of sp³-hybridized carbons (Fsp3) is 0.429. The lowest BCUT2D eigenvalue weighted by Crippen LogP contribution is -2.11. The maximum absolute atomic E-state index is 9.81. The van der Waals surface area contributed by atoms with Gasteiger partial charge in [-0.1, -0.05) is 49.2 Å². The van der Waals surface area contributed by atoms with Crippen molar-refractivity contribution in [1.29, 1.82) is 0 Å².